The number of thiophene rings is 1. The Bertz CT molecular complexity index is 663. The summed E-state index contributed by atoms with van der Waals surface area (Å²) in [5.41, 5.74) is 1.81. The second-order valence-corrected chi connectivity index (χ2v) is 6.89. The lowest BCUT2D eigenvalue weighted by molar-refractivity contribution is 0.475. The smallest absolute Gasteiger partial charge is 0.247 e. The van der Waals surface area contributed by atoms with E-state index < -0.39 is 10.0 Å². The van der Waals surface area contributed by atoms with Crippen LogP contribution in [-0.2, 0) is 16.6 Å². The van der Waals surface area contributed by atoms with Crippen LogP contribution < -0.4 is 10.0 Å². The molecule has 2 aromatic rings. The van der Waals surface area contributed by atoms with E-state index in [1.54, 1.807) is 35.7 Å². The zero-order chi connectivity index (χ0) is 14.0. The van der Waals surface area contributed by atoms with Crippen molar-refractivity contribution in [3.63, 3.8) is 0 Å². The topological polar surface area (TPSA) is 83.6 Å². The highest BCUT2D eigenvalue weighted by Crippen LogP contribution is 2.23. The van der Waals surface area contributed by atoms with Crippen molar-refractivity contribution >= 4 is 27.0 Å². The molecule has 0 aliphatic rings. The first-order chi connectivity index (χ1) is 8.86. The number of benzene rings is 1. The molecule has 0 bridgehead atoms. The van der Waals surface area contributed by atoms with Crippen molar-refractivity contribution in [1.29, 1.82) is 0 Å². The van der Waals surface area contributed by atoms with Crippen molar-refractivity contribution in [2.75, 3.05) is 11.9 Å². The van der Waals surface area contributed by atoms with Gasteiger partial charge in [0, 0.05) is 19.3 Å². The van der Waals surface area contributed by atoms with Gasteiger partial charge in [0.2, 0.25) is 10.0 Å². The molecule has 0 fully saturated rings. The van der Waals surface area contributed by atoms with Gasteiger partial charge in [-0.05, 0) is 41.3 Å². The first kappa shape index (κ1) is 13.9. The number of phenolic OH excluding ortho intramolecular Hbond substituents is 1. The molecule has 102 valence electrons. The Labute approximate surface area is 116 Å². The molecule has 5 nitrogen and oxygen atoms in total. The van der Waals surface area contributed by atoms with Crippen LogP contribution in [0, 0.1) is 0 Å². The molecule has 0 radical (unpaired) electrons. The fourth-order valence-electron chi connectivity index (χ4n) is 1.66. The van der Waals surface area contributed by atoms with E-state index in [0.29, 0.717) is 6.54 Å². The lowest BCUT2D eigenvalue weighted by atomic mass is 10.2. The minimum atomic E-state index is -3.62. The monoisotopic (exact) mass is 298 g/mol. The van der Waals surface area contributed by atoms with E-state index in [9.17, 15) is 13.5 Å². The molecule has 1 aromatic carbocycles. The number of nitrogens with zero attached hydrogens (tertiary/aromatic N) is 1. The summed E-state index contributed by atoms with van der Waals surface area (Å²) in [6, 6.07) is 8.38. The normalized spacial score (nSPS) is 11.5. The second kappa shape index (κ2) is 5.20. The molecule has 1 heterocycles. The first-order valence-electron chi connectivity index (χ1n) is 5.46. The zero-order valence-electron chi connectivity index (χ0n) is 10.3. The van der Waals surface area contributed by atoms with Crippen molar-refractivity contribution in [2.45, 2.75) is 10.8 Å². The van der Waals surface area contributed by atoms with Crippen LogP contribution in [0.1, 0.15) is 5.56 Å². The summed E-state index contributed by atoms with van der Waals surface area (Å²) in [5, 5.41) is 16.1. The number of sulfonamides is 1. The molecule has 0 saturated heterocycles. The molecule has 0 aliphatic heterocycles. The number of nitrogens with two attached hydrogens (primary N) is 1. The number of hydrogen-bond donors (Lipinski definition) is 2. The van der Waals surface area contributed by atoms with Crippen molar-refractivity contribution < 1.29 is 13.5 Å². The van der Waals surface area contributed by atoms with Gasteiger partial charge in [-0.3, -0.25) is 0 Å². The van der Waals surface area contributed by atoms with Crippen LogP contribution in [0.3, 0.4) is 0 Å². The van der Waals surface area contributed by atoms with E-state index in [1.165, 1.54) is 0 Å². The summed E-state index contributed by atoms with van der Waals surface area (Å²) >= 11 is 1.12. The molecular weight excluding hydrogens is 284 g/mol. The summed E-state index contributed by atoms with van der Waals surface area (Å²) in [6.07, 6.45) is 0. The minimum Gasteiger partial charge on any atom is -0.508 e. The zero-order valence-corrected chi connectivity index (χ0v) is 11.9. The van der Waals surface area contributed by atoms with Gasteiger partial charge in [0.25, 0.3) is 0 Å². The Morgan fingerprint density at radius 3 is 2.47 bits per heavy atom. The average Bonchev–Trinajstić information content (AvgIpc) is 2.78. The van der Waals surface area contributed by atoms with Gasteiger partial charge in [-0.15, -0.1) is 11.3 Å². The van der Waals surface area contributed by atoms with Crippen LogP contribution >= 0.6 is 11.3 Å². The van der Waals surface area contributed by atoms with E-state index in [1.807, 2.05) is 11.9 Å². The maximum absolute atomic E-state index is 11.2. The highest BCUT2D eigenvalue weighted by Gasteiger charge is 2.12. The van der Waals surface area contributed by atoms with Crippen LogP contribution in [0.2, 0.25) is 0 Å². The van der Waals surface area contributed by atoms with E-state index in [0.717, 1.165) is 22.6 Å². The van der Waals surface area contributed by atoms with Gasteiger partial charge in [0.1, 0.15) is 9.96 Å². The van der Waals surface area contributed by atoms with Crippen molar-refractivity contribution in [2.24, 2.45) is 5.14 Å². The van der Waals surface area contributed by atoms with Crippen LogP contribution in [0.4, 0.5) is 5.69 Å². The molecule has 19 heavy (non-hydrogen) atoms. The summed E-state index contributed by atoms with van der Waals surface area (Å²) in [6.45, 7) is 0.566. The summed E-state index contributed by atoms with van der Waals surface area (Å²) < 4.78 is 22.5. The summed E-state index contributed by atoms with van der Waals surface area (Å²) in [5.74, 6) is 0.212. The molecule has 0 saturated carbocycles. The second-order valence-electron chi connectivity index (χ2n) is 4.19. The van der Waals surface area contributed by atoms with Gasteiger partial charge < -0.3 is 10.0 Å². The van der Waals surface area contributed by atoms with Crippen LogP contribution in [0.25, 0.3) is 0 Å². The predicted octanol–water partition coefficient (Wildman–Crippen LogP) is 1.74. The van der Waals surface area contributed by atoms with E-state index in [4.69, 9.17) is 5.14 Å². The van der Waals surface area contributed by atoms with Gasteiger partial charge in [0.05, 0.1) is 0 Å². The third kappa shape index (κ3) is 3.46. The number of anilines is 1. The highest BCUT2D eigenvalue weighted by atomic mass is 32.2. The lowest BCUT2D eigenvalue weighted by Crippen LogP contribution is -2.15. The minimum absolute atomic E-state index is 0.168. The van der Waals surface area contributed by atoms with Crippen molar-refractivity contribution in [3.05, 3.63) is 41.3 Å². The molecule has 1 aromatic heterocycles. The Morgan fingerprint density at radius 1 is 1.32 bits per heavy atom. The van der Waals surface area contributed by atoms with Crippen molar-refractivity contribution in [3.8, 4) is 5.75 Å². The molecule has 0 aliphatic carbocycles. The molecule has 3 N–H and O–H groups in total. The van der Waals surface area contributed by atoms with Gasteiger partial charge in [0.15, 0.2) is 0 Å². The Kier molecular flexibility index (Phi) is 3.79. The fraction of sp³-hybridized carbons (Fsp3) is 0.167. The van der Waals surface area contributed by atoms with E-state index >= 15 is 0 Å². The maximum atomic E-state index is 11.2. The molecule has 7 heteroatoms. The molecule has 0 amide bonds. The molecule has 0 atom stereocenters. The third-order valence-electron chi connectivity index (χ3n) is 2.62. The third-order valence-corrected chi connectivity index (χ3v) is 5.06. The Morgan fingerprint density at radius 2 is 1.95 bits per heavy atom. The maximum Gasteiger partial charge on any atom is 0.247 e. The van der Waals surface area contributed by atoms with Gasteiger partial charge in [-0.1, -0.05) is 0 Å². The van der Waals surface area contributed by atoms with Crippen LogP contribution in [0.15, 0.2) is 39.9 Å². The van der Waals surface area contributed by atoms with E-state index in [-0.39, 0.29) is 9.96 Å². The number of phenols is 1. The number of hydrogen-bond acceptors (Lipinski definition) is 5. The first-order valence-corrected chi connectivity index (χ1v) is 7.89. The predicted molar refractivity (Wildman–Crippen MR) is 75.9 cm³/mol. The summed E-state index contributed by atoms with van der Waals surface area (Å²) in [7, 11) is -1.73. The number of rotatable bonds is 4. The molecule has 0 unspecified atom stereocenters. The number of primary sulfonamides is 1. The largest absolute Gasteiger partial charge is 0.508 e. The highest BCUT2D eigenvalue weighted by molar-refractivity contribution is 7.91. The SMILES string of the molecule is CN(Cc1csc(S(N)(=O)=O)c1)c1ccc(O)cc1. The van der Waals surface area contributed by atoms with Gasteiger partial charge in [-0.25, -0.2) is 13.6 Å². The Hall–Kier alpha value is -1.57. The van der Waals surface area contributed by atoms with Gasteiger partial charge in [-0.2, -0.15) is 0 Å². The quantitative estimate of drug-likeness (QED) is 0.900. The fourth-order valence-corrected chi connectivity index (χ4v) is 3.28. The van der Waals surface area contributed by atoms with E-state index in [2.05, 4.69) is 0 Å². The van der Waals surface area contributed by atoms with Crippen molar-refractivity contribution in [1.82, 2.24) is 0 Å². The molecule has 2 rings (SSSR count). The lowest BCUT2D eigenvalue weighted by Gasteiger charge is -2.18. The average molecular weight is 298 g/mol. The Balaban J connectivity index is 2.13. The standard InChI is InChI=1S/C12H14N2O3S2/c1-14(10-2-4-11(15)5-3-10)7-9-6-12(18-8-9)19(13,16)17/h2-6,8,15H,7H2,1H3,(H2,13,16,17). The molecular formula is C12H14N2O3S2. The molecule has 0 spiro atoms. The van der Waals surface area contributed by atoms with Gasteiger partial charge >= 0.3 is 0 Å². The van der Waals surface area contributed by atoms with Crippen LogP contribution in [-0.4, -0.2) is 20.6 Å². The van der Waals surface area contributed by atoms with Crippen LogP contribution in [0.5, 0.6) is 5.75 Å². The summed E-state index contributed by atoms with van der Waals surface area (Å²) in [4.78, 5) is 1.95. The number of aromatic hydroxyl groups is 1.